The van der Waals surface area contributed by atoms with Crippen LogP contribution in [0.2, 0.25) is 0 Å². The molecule has 0 unspecified atom stereocenters. The van der Waals surface area contributed by atoms with Crippen molar-refractivity contribution in [1.29, 1.82) is 0 Å². The topological polar surface area (TPSA) is 41.9 Å². The molecule has 2 fully saturated rings. The van der Waals surface area contributed by atoms with Crippen LogP contribution in [0.3, 0.4) is 0 Å². The third kappa shape index (κ3) is 4.51. The highest BCUT2D eigenvalue weighted by Crippen LogP contribution is 2.35. The van der Waals surface area contributed by atoms with Crippen LogP contribution in [-0.4, -0.2) is 48.6 Å². The van der Waals surface area contributed by atoms with E-state index in [9.17, 15) is 13.9 Å². The van der Waals surface area contributed by atoms with Crippen LogP contribution in [0.4, 0.5) is 8.78 Å². The maximum Gasteiger partial charge on any atom is 0.170 e. The molecule has 2 aliphatic heterocycles. The summed E-state index contributed by atoms with van der Waals surface area (Å²) in [6.45, 7) is 3.96. The van der Waals surface area contributed by atoms with Crippen LogP contribution in [-0.2, 0) is 15.1 Å². The van der Waals surface area contributed by atoms with Gasteiger partial charge in [-0.3, -0.25) is 0 Å². The minimum Gasteiger partial charge on any atom is -0.380 e. The Kier molecular flexibility index (Phi) is 5.97. The normalized spacial score (nSPS) is 19.7. The molecule has 2 heterocycles. The summed E-state index contributed by atoms with van der Waals surface area (Å²) in [5, 5.41) is 11.5. The molecule has 156 valence electrons. The SMILES string of the molecule is OC(CCCN1CCC2(CC1)OCCO2)(c1ccc(F)cc1)c1ccc(F)cc1. The van der Waals surface area contributed by atoms with E-state index in [1.807, 2.05) is 0 Å². The molecule has 4 rings (SSSR count). The van der Waals surface area contributed by atoms with Crippen LogP contribution >= 0.6 is 0 Å². The highest BCUT2D eigenvalue weighted by atomic mass is 19.1. The molecule has 0 radical (unpaired) electrons. The van der Waals surface area contributed by atoms with Gasteiger partial charge in [0, 0.05) is 25.9 Å². The number of ether oxygens (including phenoxy) is 2. The minimum atomic E-state index is -1.30. The summed E-state index contributed by atoms with van der Waals surface area (Å²) in [5.74, 6) is -1.10. The number of nitrogens with zero attached hydrogens (tertiary/aromatic N) is 1. The fourth-order valence-corrected chi connectivity index (χ4v) is 4.37. The quantitative estimate of drug-likeness (QED) is 0.796. The molecule has 1 N–H and O–H groups in total. The van der Waals surface area contributed by atoms with Crippen molar-refractivity contribution in [3.63, 3.8) is 0 Å². The van der Waals surface area contributed by atoms with Gasteiger partial charge in [0.1, 0.15) is 17.2 Å². The second-order valence-corrected chi connectivity index (χ2v) is 7.93. The first-order chi connectivity index (χ1) is 14.0. The molecule has 6 heteroatoms. The first-order valence-corrected chi connectivity index (χ1v) is 10.2. The van der Waals surface area contributed by atoms with Crippen molar-refractivity contribution in [2.24, 2.45) is 0 Å². The Labute approximate surface area is 170 Å². The van der Waals surface area contributed by atoms with Crippen LogP contribution in [0.5, 0.6) is 0 Å². The van der Waals surface area contributed by atoms with Crippen LogP contribution in [0, 0.1) is 11.6 Å². The Morgan fingerprint density at radius 3 is 1.83 bits per heavy atom. The summed E-state index contributed by atoms with van der Waals surface area (Å²) in [4.78, 5) is 2.35. The van der Waals surface area contributed by atoms with E-state index in [0.29, 0.717) is 30.8 Å². The van der Waals surface area contributed by atoms with Crippen molar-refractivity contribution in [3.05, 3.63) is 71.3 Å². The predicted molar refractivity (Wildman–Crippen MR) is 105 cm³/mol. The fourth-order valence-electron chi connectivity index (χ4n) is 4.37. The van der Waals surface area contributed by atoms with E-state index in [2.05, 4.69) is 4.90 Å². The summed E-state index contributed by atoms with van der Waals surface area (Å²) >= 11 is 0. The number of aliphatic hydroxyl groups is 1. The lowest BCUT2D eigenvalue weighted by Crippen LogP contribution is -2.45. The summed E-state index contributed by atoms with van der Waals surface area (Å²) in [5.41, 5.74) is -0.0810. The smallest absolute Gasteiger partial charge is 0.170 e. The molecule has 2 aromatic carbocycles. The Morgan fingerprint density at radius 1 is 0.862 bits per heavy atom. The van der Waals surface area contributed by atoms with Crippen molar-refractivity contribution in [1.82, 2.24) is 4.90 Å². The number of likely N-dealkylation sites (tertiary alicyclic amines) is 1. The van der Waals surface area contributed by atoms with Gasteiger partial charge in [0.2, 0.25) is 0 Å². The van der Waals surface area contributed by atoms with E-state index in [4.69, 9.17) is 9.47 Å². The Morgan fingerprint density at radius 2 is 1.34 bits per heavy atom. The highest BCUT2D eigenvalue weighted by molar-refractivity contribution is 5.36. The second-order valence-electron chi connectivity index (χ2n) is 7.93. The van der Waals surface area contributed by atoms with E-state index in [1.54, 1.807) is 24.3 Å². The Balaban J connectivity index is 1.42. The first kappa shape index (κ1) is 20.4. The van der Waals surface area contributed by atoms with Gasteiger partial charge < -0.3 is 19.5 Å². The van der Waals surface area contributed by atoms with Gasteiger partial charge in [-0.1, -0.05) is 24.3 Å². The number of benzene rings is 2. The lowest BCUT2D eigenvalue weighted by atomic mass is 9.82. The van der Waals surface area contributed by atoms with Gasteiger partial charge in [-0.2, -0.15) is 0 Å². The number of rotatable bonds is 6. The predicted octanol–water partition coefficient (Wildman–Crippen LogP) is 3.82. The minimum absolute atomic E-state index is 0.353. The lowest BCUT2D eigenvalue weighted by Gasteiger charge is -2.38. The number of halogens is 2. The molecule has 0 atom stereocenters. The molecule has 0 aromatic heterocycles. The van der Waals surface area contributed by atoms with E-state index in [1.165, 1.54) is 24.3 Å². The van der Waals surface area contributed by atoms with Crippen LogP contribution in [0.1, 0.15) is 36.8 Å². The average Bonchev–Trinajstić information content (AvgIpc) is 3.18. The second kappa shape index (κ2) is 8.48. The number of piperidine rings is 1. The highest BCUT2D eigenvalue weighted by Gasteiger charge is 2.39. The average molecular weight is 403 g/mol. The summed E-state index contributed by atoms with van der Waals surface area (Å²) in [7, 11) is 0. The van der Waals surface area contributed by atoms with Gasteiger partial charge >= 0.3 is 0 Å². The number of hydrogen-bond acceptors (Lipinski definition) is 4. The lowest BCUT2D eigenvalue weighted by molar-refractivity contribution is -0.185. The van der Waals surface area contributed by atoms with E-state index in [-0.39, 0.29) is 17.4 Å². The molecule has 0 aliphatic carbocycles. The van der Waals surface area contributed by atoms with Gasteiger partial charge in [0.15, 0.2) is 5.79 Å². The molecule has 4 nitrogen and oxygen atoms in total. The van der Waals surface area contributed by atoms with Gasteiger partial charge in [0.05, 0.1) is 13.2 Å². The van der Waals surface area contributed by atoms with Crippen molar-refractivity contribution in [2.45, 2.75) is 37.1 Å². The maximum absolute atomic E-state index is 13.4. The number of hydrogen-bond donors (Lipinski definition) is 1. The van der Waals surface area contributed by atoms with E-state index >= 15 is 0 Å². The molecule has 0 saturated carbocycles. The molecular weight excluding hydrogens is 376 g/mol. The van der Waals surface area contributed by atoms with Crippen LogP contribution < -0.4 is 0 Å². The Hall–Kier alpha value is -1.86. The van der Waals surface area contributed by atoms with Crippen molar-refractivity contribution in [2.75, 3.05) is 32.8 Å². The molecule has 2 aliphatic rings. The maximum atomic E-state index is 13.4. The summed E-state index contributed by atoms with van der Waals surface area (Å²) < 4.78 is 38.3. The molecule has 0 bridgehead atoms. The van der Waals surface area contributed by atoms with Gasteiger partial charge in [-0.25, -0.2) is 8.78 Å². The van der Waals surface area contributed by atoms with Gasteiger partial charge in [-0.05, 0) is 54.8 Å². The molecular formula is C23H27F2NO3. The van der Waals surface area contributed by atoms with Crippen molar-refractivity contribution < 1.29 is 23.4 Å². The van der Waals surface area contributed by atoms with Crippen molar-refractivity contribution in [3.8, 4) is 0 Å². The summed E-state index contributed by atoms with van der Waals surface area (Å²) in [6, 6.07) is 11.8. The largest absolute Gasteiger partial charge is 0.380 e. The fraction of sp³-hybridized carbons (Fsp3) is 0.478. The molecule has 1 spiro atoms. The zero-order valence-electron chi connectivity index (χ0n) is 16.4. The zero-order chi connectivity index (χ0) is 20.3. The third-order valence-electron chi connectivity index (χ3n) is 6.09. The van der Waals surface area contributed by atoms with Crippen molar-refractivity contribution >= 4 is 0 Å². The Bertz CT molecular complexity index is 748. The van der Waals surface area contributed by atoms with Crippen LogP contribution in [0.15, 0.2) is 48.5 Å². The van der Waals surface area contributed by atoms with E-state index in [0.717, 1.165) is 38.9 Å². The van der Waals surface area contributed by atoms with Gasteiger partial charge in [0.25, 0.3) is 0 Å². The molecule has 0 amide bonds. The monoisotopic (exact) mass is 403 g/mol. The summed E-state index contributed by atoms with van der Waals surface area (Å²) in [6.07, 6.45) is 2.92. The first-order valence-electron chi connectivity index (χ1n) is 10.2. The van der Waals surface area contributed by atoms with E-state index < -0.39 is 5.60 Å². The van der Waals surface area contributed by atoms with Crippen LogP contribution in [0.25, 0.3) is 0 Å². The standard InChI is InChI=1S/C23H27F2NO3/c24-20-6-2-18(3-7-20)23(27,19-4-8-21(25)9-5-19)10-1-13-26-14-11-22(12-15-26)28-16-17-29-22/h2-9,27H,1,10-17H2. The van der Waals surface area contributed by atoms with Gasteiger partial charge in [-0.15, -0.1) is 0 Å². The molecule has 2 saturated heterocycles. The molecule has 29 heavy (non-hydrogen) atoms. The third-order valence-corrected chi connectivity index (χ3v) is 6.09. The zero-order valence-corrected chi connectivity index (χ0v) is 16.4. The molecule has 2 aromatic rings.